The van der Waals surface area contributed by atoms with E-state index in [9.17, 15) is 4.79 Å². The lowest BCUT2D eigenvalue weighted by atomic mass is 9.90. The van der Waals surface area contributed by atoms with Crippen molar-refractivity contribution in [2.45, 2.75) is 70.4 Å². The van der Waals surface area contributed by atoms with E-state index in [0.29, 0.717) is 12.6 Å². The van der Waals surface area contributed by atoms with Crippen LogP contribution in [0.15, 0.2) is 24.3 Å². The number of benzene rings is 1. The molecule has 5 nitrogen and oxygen atoms in total. The predicted octanol–water partition coefficient (Wildman–Crippen LogP) is 4.82. The van der Waals surface area contributed by atoms with Crippen LogP contribution in [0, 0.1) is 0 Å². The maximum absolute atomic E-state index is 12.4. The molecule has 1 amide bonds. The quantitative estimate of drug-likeness (QED) is 0.790. The fourth-order valence-corrected chi connectivity index (χ4v) is 4.02. The van der Waals surface area contributed by atoms with Crippen LogP contribution in [0.25, 0.3) is 0 Å². The smallest absolute Gasteiger partial charge is 0.411 e. The number of likely N-dealkylation sites (tertiary alicyclic amines) is 1. The summed E-state index contributed by atoms with van der Waals surface area (Å²) in [6.45, 7) is 5.07. The Morgan fingerprint density at radius 1 is 1.08 bits per heavy atom. The molecule has 1 aliphatic carbocycles. The molecular weight excluding hydrogens is 328 g/mol. The summed E-state index contributed by atoms with van der Waals surface area (Å²) in [5.74, 6) is 0.822. The Morgan fingerprint density at radius 3 is 2.54 bits per heavy atom. The molecule has 1 heterocycles. The Labute approximate surface area is 157 Å². The summed E-state index contributed by atoms with van der Waals surface area (Å²) in [6.07, 6.45) is 8.99. The molecule has 0 aromatic heterocycles. The molecule has 2 fully saturated rings. The molecule has 1 N–H and O–H groups in total. The fourth-order valence-electron chi connectivity index (χ4n) is 4.02. The zero-order valence-corrected chi connectivity index (χ0v) is 15.9. The van der Waals surface area contributed by atoms with Crippen LogP contribution in [0.1, 0.15) is 58.3 Å². The van der Waals surface area contributed by atoms with Crippen molar-refractivity contribution in [3.8, 4) is 5.75 Å². The van der Waals surface area contributed by atoms with E-state index in [1.807, 2.05) is 24.3 Å². The summed E-state index contributed by atoms with van der Waals surface area (Å²) in [5, 5.41) is 2.86. The monoisotopic (exact) mass is 360 g/mol. The van der Waals surface area contributed by atoms with Gasteiger partial charge in [0.15, 0.2) is 0 Å². The van der Waals surface area contributed by atoms with Gasteiger partial charge in [-0.1, -0.05) is 19.8 Å². The highest BCUT2D eigenvalue weighted by Crippen LogP contribution is 2.28. The third kappa shape index (κ3) is 5.37. The molecular formula is C21H32N2O3. The first-order chi connectivity index (χ1) is 12.8. The third-order valence-corrected chi connectivity index (χ3v) is 5.36. The highest BCUT2D eigenvalue weighted by molar-refractivity contribution is 5.84. The summed E-state index contributed by atoms with van der Waals surface area (Å²) in [4.78, 5) is 14.9. The molecule has 5 heteroatoms. The van der Waals surface area contributed by atoms with Gasteiger partial charge in [-0.05, 0) is 75.9 Å². The zero-order chi connectivity index (χ0) is 18.2. The molecule has 2 aliphatic rings. The molecule has 1 saturated heterocycles. The Kier molecular flexibility index (Phi) is 7.18. The van der Waals surface area contributed by atoms with E-state index in [0.717, 1.165) is 50.2 Å². The van der Waals surface area contributed by atoms with Crippen molar-refractivity contribution in [3.05, 3.63) is 24.3 Å². The number of piperidine rings is 1. The minimum Gasteiger partial charge on any atom is -0.494 e. The van der Waals surface area contributed by atoms with Crippen molar-refractivity contribution < 1.29 is 14.3 Å². The molecule has 0 spiro atoms. The second-order valence-corrected chi connectivity index (χ2v) is 7.39. The van der Waals surface area contributed by atoms with Crippen LogP contribution in [-0.4, -0.2) is 42.8 Å². The zero-order valence-electron chi connectivity index (χ0n) is 15.9. The first-order valence-corrected chi connectivity index (χ1v) is 10.2. The maximum Gasteiger partial charge on any atom is 0.411 e. The second kappa shape index (κ2) is 9.81. The van der Waals surface area contributed by atoms with Crippen molar-refractivity contribution in [2.75, 3.05) is 25.0 Å². The molecule has 1 saturated carbocycles. The van der Waals surface area contributed by atoms with E-state index in [-0.39, 0.29) is 12.2 Å². The average Bonchev–Trinajstić information content (AvgIpc) is 2.68. The Hall–Kier alpha value is -1.75. The molecule has 1 aromatic rings. The largest absolute Gasteiger partial charge is 0.494 e. The van der Waals surface area contributed by atoms with Crippen molar-refractivity contribution in [2.24, 2.45) is 0 Å². The van der Waals surface area contributed by atoms with Crippen molar-refractivity contribution in [3.63, 3.8) is 0 Å². The fraction of sp³-hybridized carbons (Fsp3) is 0.667. The molecule has 26 heavy (non-hydrogen) atoms. The van der Waals surface area contributed by atoms with Crippen molar-refractivity contribution in [1.29, 1.82) is 0 Å². The number of rotatable bonds is 6. The lowest BCUT2D eigenvalue weighted by Crippen LogP contribution is -2.49. The van der Waals surface area contributed by atoms with Gasteiger partial charge in [-0.25, -0.2) is 4.79 Å². The van der Waals surface area contributed by atoms with Crippen LogP contribution >= 0.6 is 0 Å². The van der Waals surface area contributed by atoms with Gasteiger partial charge < -0.3 is 9.47 Å². The second-order valence-electron chi connectivity index (χ2n) is 7.39. The van der Waals surface area contributed by atoms with Crippen LogP contribution in [0.5, 0.6) is 5.75 Å². The number of amides is 1. The molecule has 144 valence electrons. The van der Waals surface area contributed by atoms with Gasteiger partial charge in [-0.3, -0.25) is 10.2 Å². The van der Waals surface area contributed by atoms with Gasteiger partial charge >= 0.3 is 6.09 Å². The van der Waals surface area contributed by atoms with E-state index in [1.54, 1.807) is 0 Å². The summed E-state index contributed by atoms with van der Waals surface area (Å²) in [5.41, 5.74) is 0.740. The van der Waals surface area contributed by atoms with Crippen molar-refractivity contribution >= 4 is 11.8 Å². The molecule has 0 bridgehead atoms. The number of nitrogens with one attached hydrogen (secondary N) is 1. The van der Waals surface area contributed by atoms with Crippen LogP contribution in [0.4, 0.5) is 10.5 Å². The number of hydrogen-bond donors (Lipinski definition) is 1. The Balaban J connectivity index is 1.52. The number of carbonyl (C=O) groups is 1. The lowest BCUT2D eigenvalue weighted by molar-refractivity contribution is 0.00174. The first-order valence-electron chi connectivity index (χ1n) is 10.2. The predicted molar refractivity (Wildman–Crippen MR) is 104 cm³/mol. The summed E-state index contributed by atoms with van der Waals surface area (Å²) < 4.78 is 11.4. The minimum atomic E-state index is -0.346. The molecule has 1 aromatic carbocycles. The maximum atomic E-state index is 12.4. The number of anilines is 1. The topological polar surface area (TPSA) is 50.8 Å². The average molecular weight is 360 g/mol. The normalized spacial score (nSPS) is 24.0. The van der Waals surface area contributed by atoms with Crippen LogP contribution in [0.3, 0.4) is 0 Å². The molecule has 1 unspecified atom stereocenters. The number of carbonyl (C=O) groups excluding carboxylic acids is 1. The Bertz CT molecular complexity index is 555. The highest BCUT2D eigenvalue weighted by atomic mass is 16.6. The van der Waals surface area contributed by atoms with Gasteiger partial charge in [-0.2, -0.15) is 0 Å². The van der Waals surface area contributed by atoms with Gasteiger partial charge in [-0.15, -0.1) is 0 Å². The number of nitrogens with zero attached hydrogens (tertiary/aromatic N) is 1. The molecule has 0 radical (unpaired) electrons. The summed E-state index contributed by atoms with van der Waals surface area (Å²) in [6, 6.07) is 7.86. The summed E-state index contributed by atoms with van der Waals surface area (Å²) in [7, 11) is 0. The molecule has 3 rings (SSSR count). The van der Waals surface area contributed by atoms with E-state index >= 15 is 0 Å². The van der Waals surface area contributed by atoms with Gasteiger partial charge in [0, 0.05) is 11.7 Å². The number of hydrogen-bond acceptors (Lipinski definition) is 4. The van der Waals surface area contributed by atoms with Gasteiger partial charge in [0.25, 0.3) is 0 Å². The lowest BCUT2D eigenvalue weighted by Gasteiger charge is -2.41. The van der Waals surface area contributed by atoms with E-state index < -0.39 is 0 Å². The van der Waals surface area contributed by atoms with E-state index in [1.165, 1.54) is 25.7 Å². The van der Waals surface area contributed by atoms with Gasteiger partial charge in [0.1, 0.15) is 11.9 Å². The van der Waals surface area contributed by atoms with Gasteiger partial charge in [0.05, 0.1) is 6.61 Å². The van der Waals surface area contributed by atoms with Gasteiger partial charge in [0.2, 0.25) is 0 Å². The summed E-state index contributed by atoms with van der Waals surface area (Å²) >= 11 is 0. The highest BCUT2D eigenvalue weighted by Gasteiger charge is 2.33. The first kappa shape index (κ1) is 19.0. The van der Waals surface area contributed by atoms with E-state index in [4.69, 9.17) is 9.47 Å². The van der Waals surface area contributed by atoms with E-state index in [2.05, 4.69) is 17.1 Å². The Morgan fingerprint density at radius 2 is 1.81 bits per heavy atom. The van der Waals surface area contributed by atoms with Crippen LogP contribution < -0.4 is 10.1 Å². The van der Waals surface area contributed by atoms with Crippen LogP contribution in [0.2, 0.25) is 0 Å². The minimum absolute atomic E-state index is 0.00834. The third-order valence-electron chi connectivity index (χ3n) is 5.36. The standard InChI is InChI=1S/C21H32N2O3/c1-2-16-25-18-12-10-17(11-13-18)22-21(24)26-20-9-5-4-8-19(20)23-14-6-3-7-15-23/h10-13,19-20H,2-9,14-16H2,1H3,(H,22,24)/t19?,20-/m1/s1. The van der Waals surface area contributed by atoms with Crippen LogP contribution in [-0.2, 0) is 4.74 Å². The van der Waals surface area contributed by atoms with Crippen molar-refractivity contribution in [1.82, 2.24) is 4.90 Å². The number of ether oxygens (including phenoxy) is 2. The SMILES string of the molecule is CCCOc1ccc(NC(=O)O[C@@H]2CCCCC2N2CCCCC2)cc1. The molecule has 1 aliphatic heterocycles. The molecule has 2 atom stereocenters.